The van der Waals surface area contributed by atoms with Gasteiger partial charge in [-0.25, -0.2) is 0 Å². The van der Waals surface area contributed by atoms with Gasteiger partial charge in [-0.05, 0) is 37.3 Å². The number of ether oxygens (including phenoxy) is 1. The predicted molar refractivity (Wildman–Crippen MR) is 87.1 cm³/mol. The summed E-state index contributed by atoms with van der Waals surface area (Å²) in [6.07, 6.45) is 0. The Morgan fingerprint density at radius 3 is 2.67 bits per heavy atom. The lowest BCUT2D eigenvalue weighted by atomic mass is 10.1. The van der Waals surface area contributed by atoms with E-state index in [1.165, 1.54) is 11.3 Å². The summed E-state index contributed by atoms with van der Waals surface area (Å²) in [5, 5.41) is 0. The van der Waals surface area contributed by atoms with E-state index >= 15 is 0 Å². The molecule has 0 aliphatic heterocycles. The molecule has 1 amide bonds. The zero-order valence-corrected chi connectivity index (χ0v) is 13.5. The maximum atomic E-state index is 12.5. The summed E-state index contributed by atoms with van der Waals surface area (Å²) in [6, 6.07) is 8.85. The number of nitrogens with zero attached hydrogens (tertiary/aromatic N) is 1. The molecule has 0 spiro atoms. The lowest BCUT2D eigenvalue weighted by molar-refractivity contribution is 0.0754. The van der Waals surface area contributed by atoms with Crippen molar-refractivity contribution in [1.82, 2.24) is 4.90 Å². The van der Waals surface area contributed by atoms with Crippen LogP contribution in [0.3, 0.4) is 0 Å². The third-order valence-corrected chi connectivity index (χ3v) is 4.34. The minimum absolute atomic E-state index is 0.0589. The van der Waals surface area contributed by atoms with Gasteiger partial charge in [0.25, 0.3) is 5.91 Å². The fourth-order valence-electron chi connectivity index (χ4n) is 2.00. The second-order valence-electron chi connectivity index (χ2n) is 4.48. The highest BCUT2D eigenvalue weighted by atomic mass is 35.5. The first-order valence-electron chi connectivity index (χ1n) is 6.52. The van der Waals surface area contributed by atoms with Gasteiger partial charge in [-0.1, -0.05) is 11.6 Å². The number of anilines is 1. The lowest BCUT2D eigenvalue weighted by Gasteiger charge is -2.20. The Bertz CT molecular complexity index is 642. The molecule has 2 rings (SSSR count). The van der Waals surface area contributed by atoms with Crippen molar-refractivity contribution in [3.8, 4) is 5.75 Å². The van der Waals surface area contributed by atoms with Gasteiger partial charge in [0.05, 0.1) is 23.7 Å². The topological polar surface area (TPSA) is 55.6 Å². The Hall–Kier alpha value is -1.72. The number of benzene rings is 1. The summed E-state index contributed by atoms with van der Waals surface area (Å²) in [7, 11) is 1.55. The molecule has 0 radical (unpaired) electrons. The number of hydrogen-bond donors (Lipinski definition) is 1. The van der Waals surface area contributed by atoms with Crippen LogP contribution in [0.5, 0.6) is 5.75 Å². The minimum Gasteiger partial charge on any atom is -0.495 e. The number of nitrogens with two attached hydrogens (primary N) is 1. The number of carbonyl (C=O) groups is 1. The van der Waals surface area contributed by atoms with E-state index in [0.717, 1.165) is 9.21 Å². The van der Waals surface area contributed by atoms with Crippen molar-refractivity contribution in [3.05, 3.63) is 45.1 Å². The molecule has 1 aromatic heterocycles. The Labute approximate surface area is 133 Å². The quantitative estimate of drug-likeness (QED) is 0.854. The van der Waals surface area contributed by atoms with Crippen LogP contribution in [0, 0.1) is 0 Å². The van der Waals surface area contributed by atoms with Crippen molar-refractivity contribution in [2.24, 2.45) is 0 Å². The maximum Gasteiger partial charge on any atom is 0.254 e. The number of nitrogen functional groups attached to an aromatic ring is 1. The third-order valence-electron chi connectivity index (χ3n) is 3.12. The summed E-state index contributed by atoms with van der Waals surface area (Å²) in [5.74, 6) is 0.510. The van der Waals surface area contributed by atoms with Gasteiger partial charge in [0.1, 0.15) is 5.75 Å². The van der Waals surface area contributed by atoms with Gasteiger partial charge < -0.3 is 15.4 Å². The molecule has 0 atom stereocenters. The first-order valence-corrected chi connectivity index (χ1v) is 7.71. The van der Waals surface area contributed by atoms with E-state index in [-0.39, 0.29) is 5.91 Å². The highest BCUT2D eigenvalue weighted by molar-refractivity contribution is 7.16. The lowest BCUT2D eigenvalue weighted by Crippen LogP contribution is -2.30. The van der Waals surface area contributed by atoms with Crippen LogP contribution >= 0.6 is 22.9 Å². The van der Waals surface area contributed by atoms with Crippen LogP contribution in [0.4, 0.5) is 5.69 Å². The molecule has 0 saturated carbocycles. The fraction of sp³-hybridized carbons (Fsp3) is 0.267. The fourth-order valence-corrected chi connectivity index (χ4v) is 3.11. The van der Waals surface area contributed by atoms with E-state index in [0.29, 0.717) is 30.1 Å². The Balaban J connectivity index is 2.17. The summed E-state index contributed by atoms with van der Waals surface area (Å²) in [6.45, 7) is 3.10. The molecule has 0 unspecified atom stereocenters. The number of amides is 1. The molecule has 1 aromatic carbocycles. The van der Waals surface area contributed by atoms with Crippen molar-refractivity contribution >= 4 is 34.5 Å². The summed E-state index contributed by atoms with van der Waals surface area (Å²) in [4.78, 5) is 15.3. The zero-order valence-electron chi connectivity index (χ0n) is 11.9. The highest BCUT2D eigenvalue weighted by Gasteiger charge is 2.16. The molecule has 112 valence electrons. The Kier molecular flexibility index (Phi) is 5.09. The van der Waals surface area contributed by atoms with Gasteiger partial charge in [-0.2, -0.15) is 0 Å². The number of hydrogen-bond acceptors (Lipinski definition) is 4. The molecule has 2 aromatic rings. The van der Waals surface area contributed by atoms with Crippen molar-refractivity contribution in [1.29, 1.82) is 0 Å². The van der Waals surface area contributed by atoms with Gasteiger partial charge in [0.2, 0.25) is 0 Å². The van der Waals surface area contributed by atoms with E-state index in [9.17, 15) is 4.79 Å². The number of methoxy groups -OCH3 is 1. The van der Waals surface area contributed by atoms with Crippen molar-refractivity contribution in [2.45, 2.75) is 13.5 Å². The van der Waals surface area contributed by atoms with E-state index in [4.69, 9.17) is 22.1 Å². The Morgan fingerprint density at radius 1 is 1.38 bits per heavy atom. The highest BCUT2D eigenvalue weighted by Crippen LogP contribution is 2.25. The SMILES string of the molecule is CCN(Cc1ccc(Cl)s1)C(=O)c1ccc(OC)c(N)c1. The van der Waals surface area contributed by atoms with Crippen LogP contribution in [0.15, 0.2) is 30.3 Å². The van der Waals surface area contributed by atoms with Crippen LogP contribution in [-0.4, -0.2) is 24.5 Å². The van der Waals surface area contributed by atoms with E-state index in [1.807, 2.05) is 19.1 Å². The normalized spacial score (nSPS) is 10.4. The average Bonchev–Trinajstić information content (AvgIpc) is 2.89. The van der Waals surface area contributed by atoms with E-state index < -0.39 is 0 Å². The number of rotatable bonds is 5. The molecular weight excluding hydrogens is 308 g/mol. The van der Waals surface area contributed by atoms with Crippen molar-refractivity contribution < 1.29 is 9.53 Å². The van der Waals surface area contributed by atoms with E-state index in [2.05, 4.69) is 0 Å². The summed E-state index contributed by atoms with van der Waals surface area (Å²) >= 11 is 7.40. The van der Waals surface area contributed by atoms with Crippen LogP contribution in [0.1, 0.15) is 22.2 Å². The van der Waals surface area contributed by atoms with Gasteiger partial charge in [-0.3, -0.25) is 4.79 Å². The number of halogens is 1. The van der Waals surface area contributed by atoms with Crippen molar-refractivity contribution in [2.75, 3.05) is 19.4 Å². The van der Waals surface area contributed by atoms with Crippen LogP contribution in [0.25, 0.3) is 0 Å². The molecule has 6 heteroatoms. The van der Waals surface area contributed by atoms with E-state index in [1.54, 1.807) is 30.2 Å². The smallest absolute Gasteiger partial charge is 0.254 e. The monoisotopic (exact) mass is 324 g/mol. The summed E-state index contributed by atoms with van der Waals surface area (Å²) < 4.78 is 5.83. The molecule has 21 heavy (non-hydrogen) atoms. The predicted octanol–water partition coefficient (Wildman–Crippen LogP) is 3.65. The third kappa shape index (κ3) is 3.68. The average molecular weight is 325 g/mol. The standard InChI is InChI=1S/C15H17ClN2O2S/c1-3-18(9-11-5-7-14(16)21-11)15(19)10-4-6-13(20-2)12(17)8-10/h4-8H,3,9,17H2,1-2H3. The molecule has 0 aliphatic carbocycles. The van der Waals surface area contributed by atoms with Gasteiger partial charge >= 0.3 is 0 Å². The molecule has 0 fully saturated rings. The molecule has 2 N–H and O–H groups in total. The molecule has 1 heterocycles. The second kappa shape index (κ2) is 6.83. The molecular formula is C15H17ClN2O2S. The van der Waals surface area contributed by atoms with Crippen molar-refractivity contribution in [3.63, 3.8) is 0 Å². The molecule has 0 saturated heterocycles. The van der Waals surface area contributed by atoms with Gasteiger partial charge in [-0.15, -0.1) is 11.3 Å². The molecule has 0 aliphatic rings. The van der Waals surface area contributed by atoms with Crippen LogP contribution in [0.2, 0.25) is 4.34 Å². The first-order chi connectivity index (χ1) is 10.0. The summed E-state index contributed by atoms with van der Waals surface area (Å²) in [5.41, 5.74) is 6.87. The van der Waals surface area contributed by atoms with Gasteiger partial charge in [0, 0.05) is 17.0 Å². The molecule has 4 nitrogen and oxygen atoms in total. The largest absolute Gasteiger partial charge is 0.495 e. The zero-order chi connectivity index (χ0) is 15.4. The maximum absolute atomic E-state index is 12.5. The number of carbonyl (C=O) groups excluding carboxylic acids is 1. The van der Waals surface area contributed by atoms with Crippen LogP contribution < -0.4 is 10.5 Å². The second-order valence-corrected chi connectivity index (χ2v) is 6.28. The first kappa shape index (κ1) is 15.7. The number of thiophene rings is 1. The van der Waals surface area contributed by atoms with Gasteiger partial charge in [0.15, 0.2) is 0 Å². The Morgan fingerprint density at radius 2 is 2.14 bits per heavy atom. The van der Waals surface area contributed by atoms with Crippen LogP contribution in [-0.2, 0) is 6.54 Å². The minimum atomic E-state index is -0.0589. The molecule has 0 bridgehead atoms.